The van der Waals surface area contributed by atoms with E-state index in [1.54, 1.807) is 0 Å². The minimum atomic E-state index is -0.0994. The van der Waals surface area contributed by atoms with Crippen molar-refractivity contribution in [3.8, 4) is 0 Å². The molecule has 2 aromatic rings. The van der Waals surface area contributed by atoms with Crippen molar-refractivity contribution in [3.63, 3.8) is 0 Å². The van der Waals surface area contributed by atoms with E-state index in [1.165, 1.54) is 23.5 Å². The standard InChI is InChI=1S/C15H16N4O/c16-14-10-17-9-13(18-14)15(20)19-7-5-11-3-1-2-4-12(11)6-8-19/h1-4,9-10H,5-8H2,(H2,16,18). The molecule has 0 fully saturated rings. The van der Waals surface area contributed by atoms with Gasteiger partial charge >= 0.3 is 0 Å². The van der Waals surface area contributed by atoms with Gasteiger partial charge in [-0.15, -0.1) is 0 Å². The zero-order valence-corrected chi connectivity index (χ0v) is 11.1. The van der Waals surface area contributed by atoms with Gasteiger partial charge in [-0.25, -0.2) is 4.98 Å². The summed E-state index contributed by atoms with van der Waals surface area (Å²) in [5, 5.41) is 0. The first-order valence-corrected chi connectivity index (χ1v) is 6.67. The third kappa shape index (κ3) is 2.47. The summed E-state index contributed by atoms with van der Waals surface area (Å²) in [6.45, 7) is 1.40. The van der Waals surface area contributed by atoms with Crippen LogP contribution < -0.4 is 5.73 Å². The number of rotatable bonds is 1. The first-order chi connectivity index (χ1) is 9.74. The number of fused-ring (bicyclic) bond motifs is 1. The molecule has 1 amide bonds. The summed E-state index contributed by atoms with van der Waals surface area (Å²) in [6.07, 6.45) is 4.65. The van der Waals surface area contributed by atoms with Gasteiger partial charge < -0.3 is 10.6 Å². The molecule has 1 aromatic heterocycles. The molecule has 0 saturated carbocycles. The molecule has 0 aliphatic carbocycles. The average molecular weight is 268 g/mol. The maximum absolute atomic E-state index is 12.4. The lowest BCUT2D eigenvalue weighted by molar-refractivity contribution is 0.0757. The minimum absolute atomic E-state index is 0.0994. The smallest absolute Gasteiger partial charge is 0.274 e. The van der Waals surface area contributed by atoms with Crippen LogP contribution in [0.25, 0.3) is 0 Å². The lowest BCUT2D eigenvalue weighted by Crippen LogP contribution is -2.34. The Morgan fingerprint density at radius 3 is 2.35 bits per heavy atom. The molecule has 0 saturated heterocycles. The number of nitrogen functional groups attached to an aromatic ring is 1. The Morgan fingerprint density at radius 2 is 1.75 bits per heavy atom. The van der Waals surface area contributed by atoms with Gasteiger partial charge in [0.2, 0.25) is 0 Å². The van der Waals surface area contributed by atoms with E-state index in [9.17, 15) is 4.79 Å². The zero-order chi connectivity index (χ0) is 13.9. The number of anilines is 1. The van der Waals surface area contributed by atoms with Crippen LogP contribution in [0.1, 0.15) is 21.6 Å². The van der Waals surface area contributed by atoms with Crippen molar-refractivity contribution in [1.82, 2.24) is 14.9 Å². The summed E-state index contributed by atoms with van der Waals surface area (Å²) in [5.41, 5.74) is 8.54. The van der Waals surface area contributed by atoms with E-state index >= 15 is 0 Å². The van der Waals surface area contributed by atoms with E-state index in [0.717, 1.165) is 12.8 Å². The van der Waals surface area contributed by atoms with Crippen LogP contribution in [0, 0.1) is 0 Å². The van der Waals surface area contributed by atoms with Gasteiger partial charge in [0, 0.05) is 13.1 Å². The molecular weight excluding hydrogens is 252 g/mol. The van der Waals surface area contributed by atoms with Crippen LogP contribution in [0.3, 0.4) is 0 Å². The van der Waals surface area contributed by atoms with Gasteiger partial charge in [0.25, 0.3) is 5.91 Å². The number of hydrogen-bond acceptors (Lipinski definition) is 4. The van der Waals surface area contributed by atoms with Gasteiger partial charge in [0.05, 0.1) is 12.4 Å². The summed E-state index contributed by atoms with van der Waals surface area (Å²) >= 11 is 0. The number of benzene rings is 1. The Morgan fingerprint density at radius 1 is 1.10 bits per heavy atom. The third-order valence-corrected chi connectivity index (χ3v) is 3.58. The number of amides is 1. The SMILES string of the molecule is Nc1cncc(C(=O)N2CCc3ccccc3CC2)n1. The van der Waals surface area contributed by atoms with E-state index in [2.05, 4.69) is 22.1 Å². The van der Waals surface area contributed by atoms with Crippen molar-refractivity contribution < 1.29 is 4.79 Å². The van der Waals surface area contributed by atoms with Crippen LogP contribution >= 0.6 is 0 Å². The fourth-order valence-corrected chi connectivity index (χ4v) is 2.52. The first-order valence-electron chi connectivity index (χ1n) is 6.67. The molecule has 3 rings (SSSR count). The van der Waals surface area contributed by atoms with Crippen LogP contribution in [0.5, 0.6) is 0 Å². The topological polar surface area (TPSA) is 72.1 Å². The highest BCUT2D eigenvalue weighted by Crippen LogP contribution is 2.16. The van der Waals surface area contributed by atoms with Crippen molar-refractivity contribution in [3.05, 3.63) is 53.5 Å². The first kappa shape index (κ1) is 12.6. The molecule has 5 heteroatoms. The van der Waals surface area contributed by atoms with Crippen LogP contribution in [-0.4, -0.2) is 33.9 Å². The second kappa shape index (κ2) is 5.28. The Labute approximate surface area is 117 Å². The molecule has 2 heterocycles. The van der Waals surface area contributed by atoms with Gasteiger partial charge in [-0.05, 0) is 24.0 Å². The van der Waals surface area contributed by atoms with Crippen molar-refractivity contribution in [2.75, 3.05) is 18.8 Å². The molecular formula is C15H16N4O. The Hall–Kier alpha value is -2.43. The predicted molar refractivity (Wildman–Crippen MR) is 76.2 cm³/mol. The normalized spacial score (nSPS) is 14.5. The molecule has 2 N–H and O–H groups in total. The lowest BCUT2D eigenvalue weighted by Gasteiger charge is -2.19. The maximum atomic E-state index is 12.4. The summed E-state index contributed by atoms with van der Waals surface area (Å²) in [7, 11) is 0. The monoisotopic (exact) mass is 268 g/mol. The Balaban J connectivity index is 1.78. The highest BCUT2D eigenvalue weighted by molar-refractivity contribution is 5.92. The van der Waals surface area contributed by atoms with E-state index in [1.807, 2.05) is 17.0 Å². The molecule has 0 spiro atoms. The van der Waals surface area contributed by atoms with Crippen LogP contribution in [0.15, 0.2) is 36.7 Å². The Kier molecular flexibility index (Phi) is 3.33. The molecule has 20 heavy (non-hydrogen) atoms. The van der Waals surface area contributed by atoms with E-state index < -0.39 is 0 Å². The van der Waals surface area contributed by atoms with E-state index in [0.29, 0.717) is 18.8 Å². The van der Waals surface area contributed by atoms with Crippen molar-refractivity contribution in [2.45, 2.75) is 12.8 Å². The molecule has 1 aliphatic heterocycles. The zero-order valence-electron chi connectivity index (χ0n) is 11.1. The van der Waals surface area contributed by atoms with Crippen LogP contribution in [0.2, 0.25) is 0 Å². The number of nitrogens with two attached hydrogens (primary N) is 1. The number of hydrogen-bond donors (Lipinski definition) is 1. The highest BCUT2D eigenvalue weighted by Gasteiger charge is 2.20. The van der Waals surface area contributed by atoms with E-state index in [-0.39, 0.29) is 11.7 Å². The van der Waals surface area contributed by atoms with Crippen molar-refractivity contribution in [1.29, 1.82) is 0 Å². The highest BCUT2D eigenvalue weighted by atomic mass is 16.2. The largest absolute Gasteiger partial charge is 0.382 e. The van der Waals surface area contributed by atoms with Crippen molar-refractivity contribution in [2.24, 2.45) is 0 Å². The molecule has 0 atom stereocenters. The number of nitrogens with zero attached hydrogens (tertiary/aromatic N) is 3. The fourth-order valence-electron chi connectivity index (χ4n) is 2.52. The third-order valence-electron chi connectivity index (χ3n) is 3.58. The maximum Gasteiger partial charge on any atom is 0.274 e. The molecule has 0 bridgehead atoms. The van der Waals surface area contributed by atoms with Crippen LogP contribution in [0.4, 0.5) is 5.82 Å². The summed E-state index contributed by atoms with van der Waals surface area (Å²) in [6, 6.07) is 8.34. The van der Waals surface area contributed by atoms with Gasteiger partial charge in [-0.1, -0.05) is 24.3 Å². The van der Waals surface area contributed by atoms with Crippen LogP contribution in [-0.2, 0) is 12.8 Å². The summed E-state index contributed by atoms with van der Waals surface area (Å²) in [5.74, 6) is 0.173. The quantitative estimate of drug-likeness (QED) is 0.846. The molecule has 1 aromatic carbocycles. The second-order valence-electron chi connectivity index (χ2n) is 4.89. The van der Waals surface area contributed by atoms with Crippen molar-refractivity contribution >= 4 is 11.7 Å². The molecule has 0 radical (unpaired) electrons. The second-order valence-corrected chi connectivity index (χ2v) is 4.89. The minimum Gasteiger partial charge on any atom is -0.382 e. The van der Waals surface area contributed by atoms with Gasteiger partial charge in [-0.3, -0.25) is 9.78 Å². The lowest BCUT2D eigenvalue weighted by atomic mass is 10.0. The molecule has 1 aliphatic rings. The molecule has 102 valence electrons. The number of carbonyl (C=O) groups is 1. The van der Waals surface area contributed by atoms with Gasteiger partial charge in [0.1, 0.15) is 11.5 Å². The average Bonchev–Trinajstić information content (AvgIpc) is 2.69. The Bertz CT molecular complexity index is 614. The predicted octanol–water partition coefficient (Wildman–Crippen LogP) is 1.30. The van der Waals surface area contributed by atoms with Gasteiger partial charge in [0.15, 0.2) is 0 Å². The number of aromatic nitrogens is 2. The summed E-state index contributed by atoms with van der Waals surface area (Å²) < 4.78 is 0. The van der Waals surface area contributed by atoms with Gasteiger partial charge in [-0.2, -0.15) is 0 Å². The van der Waals surface area contributed by atoms with E-state index in [4.69, 9.17) is 5.73 Å². The summed E-state index contributed by atoms with van der Waals surface area (Å²) in [4.78, 5) is 22.2. The molecule has 5 nitrogen and oxygen atoms in total. The number of carbonyl (C=O) groups excluding carboxylic acids is 1. The molecule has 0 unspecified atom stereocenters. The fraction of sp³-hybridized carbons (Fsp3) is 0.267.